The lowest BCUT2D eigenvalue weighted by atomic mass is 10.2. The third-order valence-electron chi connectivity index (χ3n) is 3.29. The molecule has 4 nitrogen and oxygen atoms in total. The van der Waals surface area contributed by atoms with E-state index < -0.39 is 17.5 Å². The average Bonchev–Trinajstić information content (AvgIpc) is 2.98. The molecule has 0 unspecified atom stereocenters. The van der Waals surface area contributed by atoms with Gasteiger partial charge in [-0.15, -0.1) is 11.3 Å². The molecule has 0 radical (unpaired) electrons. The molecule has 3 aromatic rings. The first-order valence-electron chi connectivity index (χ1n) is 7.41. The highest BCUT2D eigenvalue weighted by Crippen LogP contribution is 2.18. The molecule has 0 spiro atoms. The van der Waals surface area contributed by atoms with Crippen molar-refractivity contribution in [3.05, 3.63) is 75.7 Å². The van der Waals surface area contributed by atoms with E-state index in [4.69, 9.17) is 4.74 Å². The van der Waals surface area contributed by atoms with Gasteiger partial charge in [0.1, 0.15) is 24.0 Å². The van der Waals surface area contributed by atoms with Crippen LogP contribution in [0.15, 0.2) is 47.8 Å². The Morgan fingerprint density at radius 3 is 2.44 bits per heavy atom. The van der Waals surface area contributed by atoms with Gasteiger partial charge in [0.2, 0.25) is 0 Å². The fraction of sp³-hybridized carbons (Fsp3) is 0.111. The van der Waals surface area contributed by atoms with Crippen molar-refractivity contribution in [2.24, 2.45) is 0 Å². The van der Waals surface area contributed by atoms with Crippen LogP contribution in [-0.4, -0.2) is 10.9 Å². The first-order chi connectivity index (χ1) is 12.0. The van der Waals surface area contributed by atoms with Gasteiger partial charge in [-0.3, -0.25) is 4.79 Å². The molecule has 0 saturated heterocycles. The van der Waals surface area contributed by atoms with Gasteiger partial charge >= 0.3 is 0 Å². The summed E-state index contributed by atoms with van der Waals surface area (Å²) >= 11 is 1.55. The minimum Gasteiger partial charge on any atom is -0.487 e. The maximum absolute atomic E-state index is 13.1. The van der Waals surface area contributed by atoms with Crippen LogP contribution in [0.4, 0.5) is 14.5 Å². The fourth-order valence-electron chi connectivity index (χ4n) is 2.16. The summed E-state index contributed by atoms with van der Waals surface area (Å²) in [6.45, 7) is 2.27. The number of carbonyl (C=O) groups is 1. The number of carbonyl (C=O) groups excluding carboxylic acids is 1. The number of aryl methyl sites for hydroxylation is 1. The van der Waals surface area contributed by atoms with Crippen molar-refractivity contribution in [2.75, 3.05) is 5.32 Å². The predicted molar refractivity (Wildman–Crippen MR) is 91.9 cm³/mol. The summed E-state index contributed by atoms with van der Waals surface area (Å²) in [5.41, 5.74) is 1.25. The summed E-state index contributed by atoms with van der Waals surface area (Å²) in [5, 5.41) is 5.35. The normalized spacial score (nSPS) is 10.5. The SMILES string of the molecule is Cc1nc(COc2ccc(C(=O)Nc3cc(F)cc(F)c3)cc2)cs1. The van der Waals surface area contributed by atoms with Crippen LogP contribution in [0.25, 0.3) is 0 Å². The number of benzene rings is 2. The van der Waals surface area contributed by atoms with Gasteiger partial charge in [0.15, 0.2) is 0 Å². The number of halogens is 2. The number of aromatic nitrogens is 1. The quantitative estimate of drug-likeness (QED) is 0.726. The van der Waals surface area contributed by atoms with Crippen molar-refractivity contribution in [3.8, 4) is 5.75 Å². The molecule has 3 rings (SSSR count). The number of thiazole rings is 1. The summed E-state index contributed by atoms with van der Waals surface area (Å²) in [4.78, 5) is 16.4. The minimum atomic E-state index is -0.753. The van der Waals surface area contributed by atoms with E-state index >= 15 is 0 Å². The second-order valence-electron chi connectivity index (χ2n) is 5.28. The largest absolute Gasteiger partial charge is 0.487 e. The number of rotatable bonds is 5. The Balaban J connectivity index is 1.62. The van der Waals surface area contributed by atoms with Crippen LogP contribution < -0.4 is 10.1 Å². The third kappa shape index (κ3) is 4.60. The maximum atomic E-state index is 13.1. The van der Waals surface area contributed by atoms with E-state index in [0.29, 0.717) is 17.9 Å². The van der Waals surface area contributed by atoms with E-state index in [-0.39, 0.29) is 5.69 Å². The lowest BCUT2D eigenvalue weighted by Crippen LogP contribution is -2.12. The Bertz CT molecular complexity index is 874. The smallest absolute Gasteiger partial charge is 0.255 e. The second kappa shape index (κ2) is 7.40. The molecule has 2 aromatic carbocycles. The fourth-order valence-corrected chi connectivity index (χ4v) is 2.76. The van der Waals surface area contributed by atoms with Crippen molar-refractivity contribution in [1.29, 1.82) is 0 Å². The molecule has 0 saturated carbocycles. The number of nitrogens with one attached hydrogen (secondary N) is 1. The monoisotopic (exact) mass is 360 g/mol. The van der Waals surface area contributed by atoms with Crippen LogP contribution in [-0.2, 0) is 6.61 Å². The van der Waals surface area contributed by atoms with Crippen molar-refractivity contribution >= 4 is 22.9 Å². The van der Waals surface area contributed by atoms with E-state index in [1.807, 2.05) is 12.3 Å². The lowest BCUT2D eigenvalue weighted by molar-refractivity contribution is 0.102. The molecular weight excluding hydrogens is 346 g/mol. The van der Waals surface area contributed by atoms with Gasteiger partial charge in [-0.05, 0) is 43.3 Å². The summed E-state index contributed by atoms with van der Waals surface area (Å²) in [7, 11) is 0. The van der Waals surface area contributed by atoms with Gasteiger partial charge in [-0.25, -0.2) is 13.8 Å². The first-order valence-corrected chi connectivity index (χ1v) is 8.29. The molecule has 0 bridgehead atoms. The topological polar surface area (TPSA) is 51.2 Å². The predicted octanol–water partition coefficient (Wildman–Crippen LogP) is 4.56. The Labute approximate surface area is 147 Å². The number of anilines is 1. The number of amides is 1. The summed E-state index contributed by atoms with van der Waals surface area (Å²) < 4.78 is 31.9. The highest BCUT2D eigenvalue weighted by Gasteiger charge is 2.09. The number of ether oxygens (including phenoxy) is 1. The average molecular weight is 360 g/mol. The van der Waals surface area contributed by atoms with Gasteiger partial charge in [0.05, 0.1) is 10.7 Å². The zero-order valence-electron chi connectivity index (χ0n) is 13.3. The summed E-state index contributed by atoms with van der Waals surface area (Å²) in [6.07, 6.45) is 0. The van der Waals surface area contributed by atoms with Crippen molar-refractivity contribution in [1.82, 2.24) is 4.98 Å². The van der Waals surface area contributed by atoms with Crippen LogP contribution in [0.1, 0.15) is 21.1 Å². The Hall–Kier alpha value is -2.80. The number of hydrogen-bond acceptors (Lipinski definition) is 4. The minimum absolute atomic E-state index is 0.0572. The zero-order chi connectivity index (χ0) is 17.8. The molecule has 0 aliphatic heterocycles. The van der Waals surface area contributed by atoms with Gasteiger partial charge in [0, 0.05) is 22.7 Å². The highest BCUT2D eigenvalue weighted by atomic mass is 32.1. The molecule has 0 aliphatic carbocycles. The van der Waals surface area contributed by atoms with Gasteiger partial charge in [0.25, 0.3) is 5.91 Å². The Morgan fingerprint density at radius 1 is 1.16 bits per heavy atom. The van der Waals surface area contributed by atoms with Gasteiger partial charge in [-0.2, -0.15) is 0 Å². The van der Waals surface area contributed by atoms with E-state index in [9.17, 15) is 13.6 Å². The molecule has 1 aromatic heterocycles. The third-order valence-corrected chi connectivity index (χ3v) is 4.11. The molecule has 1 heterocycles. The molecule has 7 heteroatoms. The number of nitrogens with zero attached hydrogens (tertiary/aromatic N) is 1. The Kier molecular flexibility index (Phi) is 5.04. The molecule has 0 aliphatic rings. The van der Waals surface area contributed by atoms with E-state index in [1.54, 1.807) is 35.6 Å². The molecule has 0 atom stereocenters. The van der Waals surface area contributed by atoms with E-state index in [2.05, 4.69) is 10.3 Å². The second-order valence-corrected chi connectivity index (χ2v) is 6.35. The standard InChI is InChI=1S/C18H14F2N2O2S/c1-11-21-16(10-25-11)9-24-17-4-2-12(3-5-17)18(23)22-15-7-13(19)6-14(20)8-15/h2-8,10H,9H2,1H3,(H,22,23). The van der Waals surface area contributed by atoms with Crippen LogP contribution in [0.2, 0.25) is 0 Å². The molecule has 25 heavy (non-hydrogen) atoms. The lowest BCUT2D eigenvalue weighted by Gasteiger charge is -2.07. The van der Waals surface area contributed by atoms with Crippen LogP contribution in [0.3, 0.4) is 0 Å². The Morgan fingerprint density at radius 2 is 1.84 bits per heavy atom. The molecular formula is C18H14F2N2O2S. The van der Waals surface area contributed by atoms with Gasteiger partial charge < -0.3 is 10.1 Å². The highest BCUT2D eigenvalue weighted by molar-refractivity contribution is 7.09. The maximum Gasteiger partial charge on any atom is 0.255 e. The molecule has 1 N–H and O–H groups in total. The summed E-state index contributed by atoms with van der Waals surface area (Å²) in [5.74, 6) is -1.38. The molecule has 1 amide bonds. The zero-order valence-corrected chi connectivity index (χ0v) is 14.1. The van der Waals surface area contributed by atoms with Crippen molar-refractivity contribution in [2.45, 2.75) is 13.5 Å². The van der Waals surface area contributed by atoms with Crippen LogP contribution in [0.5, 0.6) is 5.75 Å². The number of hydrogen-bond donors (Lipinski definition) is 1. The van der Waals surface area contributed by atoms with E-state index in [1.165, 1.54) is 0 Å². The van der Waals surface area contributed by atoms with Gasteiger partial charge in [-0.1, -0.05) is 0 Å². The molecule has 128 valence electrons. The van der Waals surface area contributed by atoms with Crippen molar-refractivity contribution < 1.29 is 18.3 Å². The van der Waals surface area contributed by atoms with Crippen LogP contribution in [0, 0.1) is 18.6 Å². The van der Waals surface area contributed by atoms with Crippen molar-refractivity contribution in [3.63, 3.8) is 0 Å². The first kappa shape index (κ1) is 17.0. The molecule has 0 fully saturated rings. The van der Waals surface area contributed by atoms with Crippen LogP contribution >= 0.6 is 11.3 Å². The summed E-state index contributed by atoms with van der Waals surface area (Å²) in [6, 6.07) is 9.30. The van der Waals surface area contributed by atoms with E-state index in [0.717, 1.165) is 28.9 Å².